The fourth-order valence-corrected chi connectivity index (χ4v) is 3.35. The molecule has 1 aromatic heterocycles. The Hall–Kier alpha value is -3.10. The van der Waals surface area contributed by atoms with Gasteiger partial charge in [-0.15, -0.1) is 0 Å². The number of hydrogen-bond donors (Lipinski definition) is 2. The van der Waals surface area contributed by atoms with Crippen LogP contribution in [0.1, 0.15) is 21.5 Å². The summed E-state index contributed by atoms with van der Waals surface area (Å²) in [5.41, 5.74) is 9.64. The summed E-state index contributed by atoms with van der Waals surface area (Å²) in [4.78, 5) is 12.4. The van der Waals surface area contributed by atoms with Gasteiger partial charge in [-0.1, -0.05) is 59.4 Å². The van der Waals surface area contributed by atoms with Gasteiger partial charge in [0, 0.05) is 11.1 Å². The first kappa shape index (κ1) is 15.8. The number of nitrogens with one attached hydrogen (secondary N) is 1. The molecule has 1 heterocycles. The molecule has 0 radical (unpaired) electrons. The van der Waals surface area contributed by atoms with E-state index in [4.69, 9.17) is 5.73 Å². The van der Waals surface area contributed by atoms with Crippen LogP contribution >= 0.6 is 11.3 Å². The van der Waals surface area contributed by atoms with Crippen molar-refractivity contribution in [1.82, 2.24) is 0 Å². The minimum absolute atomic E-state index is 0.257. The lowest BCUT2D eigenvalue weighted by Crippen LogP contribution is -2.11. The van der Waals surface area contributed by atoms with Crippen molar-refractivity contribution in [3.8, 4) is 17.2 Å². The Morgan fingerprint density at radius 3 is 2.42 bits per heavy atom. The monoisotopic (exact) mass is 333 g/mol. The van der Waals surface area contributed by atoms with Gasteiger partial charge in [-0.2, -0.15) is 5.26 Å². The second-order valence-electron chi connectivity index (χ2n) is 5.34. The Kier molecular flexibility index (Phi) is 4.32. The van der Waals surface area contributed by atoms with Gasteiger partial charge in [-0.3, -0.25) is 4.79 Å². The number of nitriles is 1. The van der Waals surface area contributed by atoms with Crippen LogP contribution in [0.2, 0.25) is 0 Å². The van der Waals surface area contributed by atoms with E-state index >= 15 is 0 Å². The summed E-state index contributed by atoms with van der Waals surface area (Å²) in [6, 6.07) is 18.9. The molecule has 0 bridgehead atoms. The number of aryl methyl sites for hydroxylation is 1. The second-order valence-corrected chi connectivity index (χ2v) is 6.40. The van der Waals surface area contributed by atoms with E-state index in [1.165, 1.54) is 11.3 Å². The zero-order valence-corrected chi connectivity index (χ0v) is 13.9. The molecule has 0 saturated heterocycles. The minimum atomic E-state index is -0.257. The Morgan fingerprint density at radius 1 is 1.12 bits per heavy atom. The minimum Gasteiger partial charge on any atom is -0.390 e. The van der Waals surface area contributed by atoms with Crippen molar-refractivity contribution in [1.29, 1.82) is 5.26 Å². The Labute approximate surface area is 144 Å². The van der Waals surface area contributed by atoms with Gasteiger partial charge in [0.2, 0.25) is 0 Å². The van der Waals surface area contributed by atoms with Gasteiger partial charge in [0.25, 0.3) is 5.91 Å². The highest BCUT2D eigenvalue weighted by molar-refractivity contribution is 7.21. The molecule has 3 rings (SSSR count). The highest BCUT2D eigenvalue weighted by Crippen LogP contribution is 2.41. The predicted octanol–water partition coefficient (Wildman–Crippen LogP) is 4.43. The molecule has 0 fully saturated rings. The number of rotatable bonds is 3. The van der Waals surface area contributed by atoms with Gasteiger partial charge in [0.1, 0.15) is 11.1 Å². The number of amides is 1. The van der Waals surface area contributed by atoms with Crippen LogP contribution in [0.25, 0.3) is 11.1 Å². The molecule has 0 spiro atoms. The fourth-order valence-electron chi connectivity index (χ4n) is 2.42. The van der Waals surface area contributed by atoms with Gasteiger partial charge in [0.05, 0.1) is 10.6 Å². The number of carbonyl (C=O) groups is 1. The van der Waals surface area contributed by atoms with Crippen molar-refractivity contribution in [2.24, 2.45) is 0 Å². The van der Waals surface area contributed by atoms with E-state index in [-0.39, 0.29) is 5.91 Å². The van der Waals surface area contributed by atoms with E-state index in [1.54, 1.807) is 12.1 Å². The number of nitrogens with zero attached hydrogens (tertiary/aromatic N) is 1. The largest absolute Gasteiger partial charge is 0.390 e. The predicted molar refractivity (Wildman–Crippen MR) is 98.0 cm³/mol. The molecule has 3 aromatic rings. The van der Waals surface area contributed by atoms with Crippen LogP contribution in [-0.2, 0) is 0 Å². The van der Waals surface area contributed by atoms with Crippen LogP contribution in [0.5, 0.6) is 0 Å². The van der Waals surface area contributed by atoms with Crippen LogP contribution in [0.3, 0.4) is 0 Å². The topological polar surface area (TPSA) is 78.9 Å². The molecule has 3 N–H and O–H groups in total. The van der Waals surface area contributed by atoms with E-state index in [0.717, 1.165) is 11.1 Å². The fraction of sp³-hybridized carbons (Fsp3) is 0.0526. The molecule has 0 aliphatic heterocycles. The molecule has 0 atom stereocenters. The Bertz CT molecular complexity index is 922. The first-order valence-electron chi connectivity index (χ1n) is 7.36. The molecule has 0 unspecified atom stereocenters. The van der Waals surface area contributed by atoms with Gasteiger partial charge in [0.15, 0.2) is 0 Å². The molecular weight excluding hydrogens is 318 g/mol. The number of anilines is 2. The third kappa shape index (κ3) is 3.00. The van der Waals surface area contributed by atoms with Crippen LogP contribution < -0.4 is 11.1 Å². The van der Waals surface area contributed by atoms with Gasteiger partial charge >= 0.3 is 0 Å². The van der Waals surface area contributed by atoms with Crippen molar-refractivity contribution < 1.29 is 4.79 Å². The third-order valence-corrected chi connectivity index (χ3v) is 4.58. The van der Waals surface area contributed by atoms with E-state index in [9.17, 15) is 10.1 Å². The third-order valence-electron chi connectivity index (χ3n) is 3.65. The zero-order chi connectivity index (χ0) is 17.1. The maximum absolute atomic E-state index is 12.4. The Morgan fingerprint density at radius 2 is 1.79 bits per heavy atom. The molecule has 4 nitrogen and oxygen atoms in total. The van der Waals surface area contributed by atoms with E-state index in [2.05, 4.69) is 11.4 Å². The lowest BCUT2D eigenvalue weighted by Gasteiger charge is -2.04. The van der Waals surface area contributed by atoms with Crippen molar-refractivity contribution in [3.05, 3.63) is 71.3 Å². The maximum Gasteiger partial charge on any atom is 0.256 e. The van der Waals surface area contributed by atoms with Crippen LogP contribution in [0.4, 0.5) is 10.0 Å². The maximum atomic E-state index is 12.4. The summed E-state index contributed by atoms with van der Waals surface area (Å²) < 4.78 is 0. The second kappa shape index (κ2) is 6.57. The summed E-state index contributed by atoms with van der Waals surface area (Å²) >= 11 is 1.21. The quantitative estimate of drug-likeness (QED) is 0.744. The lowest BCUT2D eigenvalue weighted by atomic mass is 10.0. The summed E-state index contributed by atoms with van der Waals surface area (Å²) in [7, 11) is 0. The molecule has 0 aliphatic rings. The smallest absolute Gasteiger partial charge is 0.256 e. The molecule has 1 amide bonds. The Balaban J connectivity index is 1.96. The van der Waals surface area contributed by atoms with Gasteiger partial charge in [-0.05, 0) is 24.6 Å². The standard InChI is InChI=1S/C19H15N3OS/c1-12-7-9-14(10-8-12)18(23)22-19-15(11-20)16(17(21)24-19)13-5-3-2-4-6-13/h2-10H,21H2,1H3,(H,22,23). The van der Waals surface area contributed by atoms with Crippen molar-refractivity contribution in [2.45, 2.75) is 6.92 Å². The first-order chi connectivity index (χ1) is 11.6. The van der Waals surface area contributed by atoms with E-state index < -0.39 is 0 Å². The number of carbonyl (C=O) groups excluding carboxylic acids is 1. The molecule has 0 saturated carbocycles. The normalized spacial score (nSPS) is 10.2. The summed E-state index contributed by atoms with van der Waals surface area (Å²) in [5.74, 6) is -0.257. The number of nitrogen functional groups attached to an aromatic ring is 1. The lowest BCUT2D eigenvalue weighted by molar-refractivity contribution is 0.102. The summed E-state index contributed by atoms with van der Waals surface area (Å²) in [6.45, 7) is 1.96. The number of benzene rings is 2. The van der Waals surface area contributed by atoms with E-state index in [0.29, 0.717) is 26.7 Å². The molecule has 5 heteroatoms. The molecule has 118 valence electrons. The number of nitrogens with two attached hydrogens (primary N) is 1. The highest BCUT2D eigenvalue weighted by atomic mass is 32.1. The average Bonchev–Trinajstić information content (AvgIpc) is 2.91. The van der Waals surface area contributed by atoms with Crippen LogP contribution in [0.15, 0.2) is 54.6 Å². The van der Waals surface area contributed by atoms with Crippen molar-refractivity contribution in [3.63, 3.8) is 0 Å². The van der Waals surface area contributed by atoms with E-state index in [1.807, 2.05) is 49.4 Å². The summed E-state index contributed by atoms with van der Waals surface area (Å²) in [5, 5.41) is 13.3. The van der Waals surface area contributed by atoms with Crippen molar-refractivity contribution >= 4 is 27.2 Å². The highest BCUT2D eigenvalue weighted by Gasteiger charge is 2.19. The summed E-state index contributed by atoms with van der Waals surface area (Å²) in [6.07, 6.45) is 0. The van der Waals surface area contributed by atoms with Crippen molar-refractivity contribution in [2.75, 3.05) is 11.1 Å². The molecule has 2 aromatic carbocycles. The molecule has 0 aliphatic carbocycles. The van der Waals surface area contributed by atoms with Crippen LogP contribution in [0, 0.1) is 18.3 Å². The van der Waals surface area contributed by atoms with Gasteiger partial charge < -0.3 is 11.1 Å². The molecule has 24 heavy (non-hydrogen) atoms. The average molecular weight is 333 g/mol. The molecular formula is C19H15N3OS. The van der Waals surface area contributed by atoms with Crippen LogP contribution in [-0.4, -0.2) is 5.91 Å². The number of hydrogen-bond acceptors (Lipinski definition) is 4. The first-order valence-corrected chi connectivity index (χ1v) is 8.17. The SMILES string of the molecule is Cc1ccc(C(=O)Nc2sc(N)c(-c3ccccc3)c2C#N)cc1. The van der Waals surface area contributed by atoms with Gasteiger partial charge in [-0.25, -0.2) is 0 Å². The number of thiophene rings is 1. The zero-order valence-electron chi connectivity index (χ0n) is 13.0.